The third-order valence-corrected chi connectivity index (χ3v) is 5.66. The molecule has 0 aromatic heterocycles. The Morgan fingerprint density at radius 2 is 1.82 bits per heavy atom. The summed E-state index contributed by atoms with van der Waals surface area (Å²) in [5.74, 6) is -3.00. The quantitative estimate of drug-likeness (QED) is 0.793. The number of halogens is 2. The summed E-state index contributed by atoms with van der Waals surface area (Å²) in [5.41, 5.74) is -0.175. The van der Waals surface area contributed by atoms with Gasteiger partial charge in [-0.2, -0.15) is 10.5 Å². The molecule has 0 radical (unpaired) electrons. The zero-order chi connectivity index (χ0) is 20.1. The molecule has 2 aliphatic rings. The Hall–Kier alpha value is -3.51. The van der Waals surface area contributed by atoms with Crippen molar-refractivity contribution in [2.24, 2.45) is 5.41 Å². The number of nitrogens with zero attached hydrogens (tertiary/aromatic N) is 3. The molecule has 0 spiro atoms. The molecule has 4 nitrogen and oxygen atoms in total. The van der Waals surface area contributed by atoms with Gasteiger partial charge in [-0.25, -0.2) is 8.78 Å². The van der Waals surface area contributed by atoms with Crippen molar-refractivity contribution in [1.29, 1.82) is 10.5 Å². The molecule has 0 saturated carbocycles. The normalized spacial score (nSPS) is 24.0. The van der Waals surface area contributed by atoms with Crippen LogP contribution in [0.2, 0.25) is 0 Å². The lowest BCUT2D eigenvalue weighted by atomic mass is 9.67. The predicted octanol–water partition coefficient (Wildman–Crippen LogP) is 4.08. The first-order valence-electron chi connectivity index (χ1n) is 8.77. The Morgan fingerprint density at radius 3 is 2.46 bits per heavy atom. The number of ketones is 1. The van der Waals surface area contributed by atoms with Crippen molar-refractivity contribution in [3.8, 4) is 12.1 Å². The highest BCUT2D eigenvalue weighted by Gasteiger charge is 2.63. The second-order valence-electron chi connectivity index (χ2n) is 7.09. The summed E-state index contributed by atoms with van der Waals surface area (Å²) in [6.45, 7) is 1.36. The number of carbonyl (C=O) groups excluding carboxylic acids is 1. The van der Waals surface area contributed by atoms with Gasteiger partial charge in [-0.3, -0.25) is 4.79 Å². The van der Waals surface area contributed by atoms with Crippen molar-refractivity contribution < 1.29 is 13.6 Å². The maximum Gasteiger partial charge on any atom is 0.177 e. The third kappa shape index (κ3) is 2.28. The fraction of sp³-hybridized carbons (Fsp3) is 0.227. The van der Waals surface area contributed by atoms with E-state index in [0.717, 1.165) is 17.2 Å². The van der Waals surface area contributed by atoms with Crippen molar-refractivity contribution >= 4 is 11.9 Å². The van der Waals surface area contributed by atoms with Crippen LogP contribution >= 0.6 is 0 Å². The van der Waals surface area contributed by atoms with Crippen LogP contribution in [0.3, 0.4) is 0 Å². The highest BCUT2D eigenvalue weighted by atomic mass is 19.1. The number of hydrogen-bond acceptors (Lipinski definition) is 4. The predicted molar refractivity (Wildman–Crippen MR) is 97.3 cm³/mol. The van der Waals surface area contributed by atoms with Crippen LogP contribution in [-0.4, -0.2) is 16.7 Å². The maximum atomic E-state index is 14.7. The van der Waals surface area contributed by atoms with Gasteiger partial charge < -0.3 is 4.90 Å². The third-order valence-electron chi connectivity index (χ3n) is 5.66. The summed E-state index contributed by atoms with van der Waals surface area (Å²) in [5, 5.41) is 20.3. The van der Waals surface area contributed by atoms with Gasteiger partial charge in [-0.05, 0) is 35.8 Å². The molecule has 28 heavy (non-hydrogen) atoms. The minimum absolute atomic E-state index is 0.00928. The molecule has 0 bridgehead atoms. The van der Waals surface area contributed by atoms with Gasteiger partial charge in [0.15, 0.2) is 11.2 Å². The second-order valence-corrected chi connectivity index (χ2v) is 7.09. The van der Waals surface area contributed by atoms with Gasteiger partial charge in [0.1, 0.15) is 11.6 Å². The molecule has 1 saturated heterocycles. The Labute approximate surface area is 160 Å². The van der Waals surface area contributed by atoms with Gasteiger partial charge in [-0.15, -0.1) is 0 Å². The molecule has 2 aromatic carbocycles. The monoisotopic (exact) mass is 375 g/mol. The molecule has 3 atom stereocenters. The molecule has 0 unspecified atom stereocenters. The van der Waals surface area contributed by atoms with Gasteiger partial charge in [-0.1, -0.05) is 30.3 Å². The molecule has 0 aliphatic carbocycles. The first-order chi connectivity index (χ1) is 13.4. The molecule has 1 fully saturated rings. The zero-order valence-electron chi connectivity index (χ0n) is 14.9. The molecule has 6 heteroatoms. The van der Waals surface area contributed by atoms with E-state index in [1.807, 2.05) is 18.2 Å². The summed E-state index contributed by atoms with van der Waals surface area (Å²) in [4.78, 5) is 14.3. The minimum atomic E-state index is -1.73. The van der Waals surface area contributed by atoms with Crippen molar-refractivity contribution in [3.63, 3.8) is 0 Å². The summed E-state index contributed by atoms with van der Waals surface area (Å²) >= 11 is 0. The van der Waals surface area contributed by atoms with Gasteiger partial charge in [0.2, 0.25) is 0 Å². The zero-order valence-corrected chi connectivity index (χ0v) is 14.9. The molecule has 0 N–H and O–H groups in total. The van der Waals surface area contributed by atoms with E-state index in [1.165, 1.54) is 13.0 Å². The van der Waals surface area contributed by atoms with E-state index in [9.17, 15) is 24.1 Å². The maximum absolute atomic E-state index is 14.7. The molecule has 2 aromatic rings. The van der Waals surface area contributed by atoms with Crippen LogP contribution < -0.4 is 0 Å². The van der Waals surface area contributed by atoms with Crippen LogP contribution in [0.1, 0.15) is 35.6 Å². The molecule has 4 rings (SSSR count). The van der Waals surface area contributed by atoms with Crippen LogP contribution in [0.25, 0.3) is 6.08 Å². The van der Waals surface area contributed by atoms with E-state index in [2.05, 4.69) is 12.1 Å². The van der Waals surface area contributed by atoms with E-state index in [-0.39, 0.29) is 11.3 Å². The van der Waals surface area contributed by atoms with Gasteiger partial charge in [0.25, 0.3) is 0 Å². The van der Waals surface area contributed by atoms with E-state index in [4.69, 9.17) is 0 Å². The molecular formula is C22H15F2N3O. The lowest BCUT2D eigenvalue weighted by Crippen LogP contribution is -2.36. The van der Waals surface area contributed by atoms with Crippen molar-refractivity contribution in [1.82, 2.24) is 4.90 Å². The van der Waals surface area contributed by atoms with E-state index in [0.29, 0.717) is 6.07 Å². The van der Waals surface area contributed by atoms with Crippen molar-refractivity contribution in [2.45, 2.75) is 24.9 Å². The average molecular weight is 375 g/mol. The Kier molecular flexibility index (Phi) is 4.01. The number of hydrogen-bond donors (Lipinski definition) is 0. The van der Waals surface area contributed by atoms with E-state index < -0.39 is 35.1 Å². The Morgan fingerprint density at radius 1 is 1.11 bits per heavy atom. The SMILES string of the molecule is CC(=O)[C@@H]1[C@H](c2ccc(F)cc2F)C(C#N)(C#N)[C@H]2c3ccccc3C=CN12. The lowest BCUT2D eigenvalue weighted by molar-refractivity contribution is -0.121. The number of nitriles is 2. The highest BCUT2D eigenvalue weighted by molar-refractivity contribution is 5.85. The van der Waals surface area contributed by atoms with Crippen LogP contribution in [0, 0.1) is 39.7 Å². The van der Waals surface area contributed by atoms with Crippen molar-refractivity contribution in [2.75, 3.05) is 0 Å². The lowest BCUT2D eigenvalue weighted by Gasteiger charge is -2.34. The molecule has 2 aliphatic heterocycles. The second kappa shape index (κ2) is 6.28. The number of fused-ring (bicyclic) bond motifs is 3. The first kappa shape index (κ1) is 17.9. The Balaban J connectivity index is 2.03. The number of benzene rings is 2. The molecular weight excluding hydrogens is 360 g/mol. The standard InChI is InChI=1S/C22H15F2N3O/c1-13(28)20-19(17-7-6-15(23)10-18(17)24)22(11-25,12-26)21-16-5-3-2-4-14(16)8-9-27(20)21/h2-10,19-21H,1H3/t19-,20+,21+/m0/s1. The van der Waals surface area contributed by atoms with Crippen molar-refractivity contribution in [3.05, 3.63) is 77.0 Å². The smallest absolute Gasteiger partial charge is 0.177 e. The Bertz CT molecular complexity index is 1080. The van der Waals surface area contributed by atoms with Gasteiger partial charge in [0.05, 0.1) is 24.2 Å². The topological polar surface area (TPSA) is 67.9 Å². The van der Waals surface area contributed by atoms with E-state index >= 15 is 0 Å². The van der Waals surface area contributed by atoms with Crippen LogP contribution in [0.4, 0.5) is 8.78 Å². The van der Waals surface area contributed by atoms with Crippen LogP contribution in [0.15, 0.2) is 48.7 Å². The highest BCUT2D eigenvalue weighted by Crippen LogP contribution is 2.59. The number of rotatable bonds is 2. The largest absolute Gasteiger partial charge is 0.357 e. The van der Waals surface area contributed by atoms with Gasteiger partial charge in [0, 0.05) is 18.2 Å². The number of Topliss-reactive ketones (excluding diaryl/α,β-unsaturated/α-hetero) is 1. The fourth-order valence-electron chi connectivity index (χ4n) is 4.55. The van der Waals surface area contributed by atoms with E-state index in [1.54, 1.807) is 23.2 Å². The molecule has 138 valence electrons. The minimum Gasteiger partial charge on any atom is -0.357 e. The van der Waals surface area contributed by atoms with Crippen LogP contribution in [0.5, 0.6) is 0 Å². The summed E-state index contributed by atoms with van der Waals surface area (Å²) in [7, 11) is 0. The summed E-state index contributed by atoms with van der Waals surface area (Å²) in [6.07, 6.45) is 3.49. The summed E-state index contributed by atoms with van der Waals surface area (Å²) < 4.78 is 28.2. The van der Waals surface area contributed by atoms with Crippen LogP contribution in [-0.2, 0) is 4.79 Å². The average Bonchev–Trinajstić information content (AvgIpc) is 2.99. The fourth-order valence-corrected chi connectivity index (χ4v) is 4.55. The first-order valence-corrected chi connectivity index (χ1v) is 8.77. The molecule has 0 amide bonds. The summed E-state index contributed by atoms with van der Waals surface area (Å²) in [6, 6.07) is 12.8. The molecule has 2 heterocycles. The number of carbonyl (C=O) groups is 1. The van der Waals surface area contributed by atoms with Gasteiger partial charge >= 0.3 is 0 Å².